The van der Waals surface area contributed by atoms with Gasteiger partial charge in [-0.05, 0) is 35.9 Å². The Morgan fingerprint density at radius 1 is 0.921 bits per heavy atom. The highest BCUT2D eigenvalue weighted by Crippen LogP contribution is 2.40. The smallest absolute Gasteiger partial charge is 0.345 e. The highest BCUT2D eigenvalue weighted by molar-refractivity contribution is 6.42. The van der Waals surface area contributed by atoms with E-state index in [1.54, 1.807) is 5.32 Å². The van der Waals surface area contributed by atoms with Crippen molar-refractivity contribution in [2.24, 2.45) is 0 Å². The molecular weight excluding hydrogens is 578 g/mol. The first kappa shape index (κ1) is 31.3. The van der Waals surface area contributed by atoms with Crippen LogP contribution in [0, 0.1) is 0 Å². The van der Waals surface area contributed by atoms with Crippen LogP contribution in [0.4, 0.5) is 39.5 Å². The second kappa shape index (κ2) is 11.9. The van der Waals surface area contributed by atoms with Crippen LogP contribution in [0.3, 0.4) is 0 Å². The first-order chi connectivity index (χ1) is 17.3. The van der Waals surface area contributed by atoms with Crippen LogP contribution >= 0.6 is 23.2 Å². The van der Waals surface area contributed by atoms with Gasteiger partial charge in [0.25, 0.3) is 11.8 Å². The predicted molar refractivity (Wildman–Crippen MR) is 122 cm³/mol. The molecule has 0 aliphatic heterocycles. The van der Waals surface area contributed by atoms with Crippen molar-refractivity contribution < 1.29 is 49.1 Å². The minimum absolute atomic E-state index is 0.0274. The van der Waals surface area contributed by atoms with Gasteiger partial charge in [0.2, 0.25) is 5.91 Å². The minimum Gasteiger partial charge on any atom is -0.345 e. The predicted octanol–water partition coefficient (Wildman–Crippen LogP) is 7.17. The lowest BCUT2D eigenvalue weighted by molar-refractivity contribution is -0.138. The Labute approximate surface area is 219 Å². The monoisotopic (exact) mass is 594 g/mol. The molecular formula is C23H17Cl2F9N2O2. The van der Waals surface area contributed by atoms with Crippen LogP contribution in [0.5, 0.6) is 0 Å². The van der Waals surface area contributed by atoms with Gasteiger partial charge in [-0.3, -0.25) is 9.59 Å². The molecule has 0 bridgehead atoms. The van der Waals surface area contributed by atoms with Crippen molar-refractivity contribution in [1.29, 1.82) is 0 Å². The number of allylic oxidation sites excluding steroid dienone is 1. The second-order valence-corrected chi connectivity index (χ2v) is 8.77. The molecule has 15 heteroatoms. The molecule has 2 aromatic carbocycles. The minimum atomic E-state index is -5.24. The lowest BCUT2D eigenvalue weighted by Gasteiger charge is -2.22. The third-order valence-corrected chi connectivity index (χ3v) is 5.64. The van der Waals surface area contributed by atoms with Gasteiger partial charge in [-0.15, -0.1) is 0 Å². The lowest BCUT2D eigenvalue weighted by atomic mass is 9.91. The summed E-state index contributed by atoms with van der Waals surface area (Å²) in [7, 11) is 0. The van der Waals surface area contributed by atoms with E-state index in [9.17, 15) is 49.1 Å². The molecule has 2 rings (SSSR count). The van der Waals surface area contributed by atoms with Crippen molar-refractivity contribution in [3.63, 3.8) is 0 Å². The average molecular weight is 595 g/mol. The highest BCUT2D eigenvalue weighted by atomic mass is 35.5. The Hall–Kier alpha value is -2.93. The fourth-order valence-corrected chi connectivity index (χ4v) is 3.43. The van der Waals surface area contributed by atoms with Crippen molar-refractivity contribution in [1.82, 2.24) is 10.6 Å². The Bertz CT molecular complexity index is 1220. The molecule has 2 aromatic rings. The normalized spacial score (nSPS) is 13.7. The maximum atomic E-state index is 15.0. The van der Waals surface area contributed by atoms with Crippen molar-refractivity contribution in [3.8, 4) is 0 Å². The molecule has 1 unspecified atom stereocenters. The molecule has 1 atom stereocenters. The molecule has 0 fully saturated rings. The number of carbonyl (C=O) groups is 2. The van der Waals surface area contributed by atoms with Gasteiger partial charge in [-0.1, -0.05) is 35.3 Å². The highest BCUT2D eigenvalue weighted by Gasteiger charge is 2.37. The third kappa shape index (κ3) is 8.83. The fraction of sp³-hybridized carbons (Fsp3) is 0.304. The zero-order valence-electron chi connectivity index (χ0n) is 19.0. The van der Waals surface area contributed by atoms with Gasteiger partial charge in [-0.25, -0.2) is 13.2 Å². The Morgan fingerprint density at radius 2 is 1.55 bits per heavy atom. The number of halogens is 11. The number of benzene rings is 2. The average Bonchev–Trinajstić information content (AvgIpc) is 2.79. The number of hydrogen-bond donors (Lipinski definition) is 2. The van der Waals surface area contributed by atoms with Gasteiger partial charge in [0.15, 0.2) is 0 Å². The SMILES string of the molecule is CC(F)(F)C(C=C(F)c1ccc(C(=O)NCC(=O)NCC(F)(F)F)c(C(F)(F)F)c1)c1ccc(Cl)c(Cl)c1. The summed E-state index contributed by atoms with van der Waals surface area (Å²) >= 11 is 11.6. The van der Waals surface area contributed by atoms with Crippen molar-refractivity contribution >= 4 is 40.8 Å². The molecule has 208 valence electrons. The largest absolute Gasteiger partial charge is 0.417 e. The molecule has 0 spiro atoms. The van der Waals surface area contributed by atoms with E-state index in [1.807, 2.05) is 0 Å². The van der Waals surface area contributed by atoms with E-state index in [4.69, 9.17) is 23.2 Å². The molecule has 0 radical (unpaired) electrons. The number of nitrogens with one attached hydrogen (secondary N) is 2. The van der Waals surface area contributed by atoms with Gasteiger partial charge in [0, 0.05) is 12.5 Å². The third-order valence-electron chi connectivity index (χ3n) is 4.90. The van der Waals surface area contributed by atoms with Crippen LogP contribution in [-0.4, -0.2) is 37.0 Å². The summed E-state index contributed by atoms with van der Waals surface area (Å²) in [5.41, 5.74) is -3.75. The van der Waals surface area contributed by atoms with E-state index in [0.29, 0.717) is 25.1 Å². The van der Waals surface area contributed by atoms with Crippen molar-refractivity contribution in [2.45, 2.75) is 31.1 Å². The lowest BCUT2D eigenvalue weighted by Crippen LogP contribution is -2.41. The topological polar surface area (TPSA) is 58.2 Å². The molecule has 2 N–H and O–H groups in total. The van der Waals surface area contributed by atoms with E-state index in [0.717, 1.165) is 12.1 Å². The number of hydrogen-bond acceptors (Lipinski definition) is 2. The molecule has 38 heavy (non-hydrogen) atoms. The summed E-state index contributed by atoms with van der Waals surface area (Å²) in [5.74, 6) is -9.86. The molecule has 2 amide bonds. The van der Waals surface area contributed by atoms with Crippen LogP contribution < -0.4 is 10.6 Å². The maximum Gasteiger partial charge on any atom is 0.417 e. The summed E-state index contributed by atoms with van der Waals surface area (Å²) in [5, 5.41) is 3.05. The quantitative estimate of drug-likeness (QED) is 0.318. The fourth-order valence-electron chi connectivity index (χ4n) is 3.13. The second-order valence-electron chi connectivity index (χ2n) is 7.95. The number of carbonyl (C=O) groups excluding carboxylic acids is 2. The molecule has 0 aliphatic rings. The summed E-state index contributed by atoms with van der Waals surface area (Å²) < 4.78 is 121. The van der Waals surface area contributed by atoms with Crippen LogP contribution in [-0.2, 0) is 11.0 Å². The molecule has 0 aromatic heterocycles. The number of amides is 2. The van der Waals surface area contributed by atoms with Crippen LogP contribution in [0.25, 0.3) is 5.83 Å². The van der Waals surface area contributed by atoms with E-state index in [1.165, 1.54) is 11.4 Å². The van der Waals surface area contributed by atoms with Gasteiger partial charge in [0.05, 0.1) is 33.6 Å². The van der Waals surface area contributed by atoms with Crippen LogP contribution in [0.2, 0.25) is 10.0 Å². The summed E-state index contributed by atoms with van der Waals surface area (Å²) in [4.78, 5) is 23.6. The van der Waals surface area contributed by atoms with Gasteiger partial charge < -0.3 is 10.6 Å². The van der Waals surface area contributed by atoms with Crippen LogP contribution in [0.1, 0.15) is 39.9 Å². The first-order valence-electron chi connectivity index (χ1n) is 10.3. The Balaban J connectivity index is 2.38. The van der Waals surface area contributed by atoms with E-state index in [-0.39, 0.29) is 21.7 Å². The van der Waals surface area contributed by atoms with E-state index < -0.39 is 71.6 Å². The summed E-state index contributed by atoms with van der Waals surface area (Å²) in [6.45, 7) is -2.35. The van der Waals surface area contributed by atoms with Crippen LogP contribution in [0.15, 0.2) is 42.5 Å². The maximum absolute atomic E-state index is 15.0. The Morgan fingerprint density at radius 3 is 2.08 bits per heavy atom. The zero-order chi connectivity index (χ0) is 29.1. The zero-order valence-corrected chi connectivity index (χ0v) is 20.5. The van der Waals surface area contributed by atoms with Gasteiger partial charge in [0.1, 0.15) is 12.4 Å². The van der Waals surface area contributed by atoms with E-state index in [2.05, 4.69) is 0 Å². The van der Waals surface area contributed by atoms with Crippen molar-refractivity contribution in [3.05, 3.63) is 74.8 Å². The molecule has 0 saturated heterocycles. The molecule has 4 nitrogen and oxygen atoms in total. The van der Waals surface area contributed by atoms with Gasteiger partial charge in [-0.2, -0.15) is 26.3 Å². The van der Waals surface area contributed by atoms with Gasteiger partial charge >= 0.3 is 12.4 Å². The molecule has 0 saturated carbocycles. The van der Waals surface area contributed by atoms with E-state index >= 15 is 0 Å². The number of rotatable bonds is 8. The Kier molecular flexibility index (Phi) is 9.76. The standard InChI is InChI=1S/C23H17Cl2F9N2O2/c1-21(27,28)14(11-3-5-16(24)17(25)7-11)8-18(26)12-2-4-13(15(6-12)23(32,33)34)20(38)35-9-19(37)36-10-22(29,30)31/h2-8,14H,9-10H2,1H3,(H,35,38)(H,36,37). The number of alkyl halides is 8. The molecule has 0 aliphatic carbocycles. The molecule has 0 heterocycles. The summed E-state index contributed by atoms with van der Waals surface area (Å²) in [6.07, 6.45) is -9.60. The van der Waals surface area contributed by atoms with Crippen molar-refractivity contribution in [2.75, 3.05) is 13.1 Å². The summed E-state index contributed by atoms with van der Waals surface area (Å²) in [6, 6.07) is 4.81. The first-order valence-corrected chi connectivity index (χ1v) is 11.1.